The molecule has 2 bridgehead atoms. The maximum absolute atomic E-state index is 13.2. The number of halogens is 2. The average Bonchev–Trinajstić information content (AvgIpc) is 3.10. The van der Waals surface area contributed by atoms with E-state index in [2.05, 4.69) is 10.6 Å². The number of hydrogen-bond acceptors (Lipinski definition) is 2. The molecule has 3 rings (SSSR count). The molecule has 4 nitrogen and oxygen atoms in total. The van der Waals surface area contributed by atoms with Gasteiger partial charge in [-0.15, -0.1) is 0 Å². The monoisotopic (exact) mass is 310 g/mol. The maximum Gasteiger partial charge on any atom is 0.315 e. The van der Waals surface area contributed by atoms with E-state index < -0.39 is 11.6 Å². The van der Waals surface area contributed by atoms with E-state index in [1.165, 1.54) is 12.1 Å². The second kappa shape index (κ2) is 6.20. The van der Waals surface area contributed by atoms with Crippen molar-refractivity contribution in [2.24, 2.45) is 0 Å². The first-order chi connectivity index (χ1) is 10.5. The predicted molar refractivity (Wildman–Crippen MR) is 77.6 cm³/mol. The van der Waals surface area contributed by atoms with Gasteiger partial charge in [0.1, 0.15) is 0 Å². The Kier molecular flexibility index (Phi) is 4.29. The van der Waals surface area contributed by atoms with Crippen LogP contribution in [0.4, 0.5) is 13.6 Å². The molecule has 120 valence electrons. The van der Waals surface area contributed by atoms with Gasteiger partial charge < -0.3 is 15.4 Å². The third-order valence-electron chi connectivity index (χ3n) is 4.50. The van der Waals surface area contributed by atoms with E-state index in [4.69, 9.17) is 4.74 Å². The molecule has 2 aliphatic rings. The molecule has 4 atom stereocenters. The number of carbonyl (C=O) groups excluding carboxylic acids is 1. The van der Waals surface area contributed by atoms with Crippen LogP contribution in [0.5, 0.6) is 0 Å². The summed E-state index contributed by atoms with van der Waals surface area (Å²) < 4.78 is 31.8. The van der Waals surface area contributed by atoms with Crippen LogP contribution in [0.25, 0.3) is 0 Å². The van der Waals surface area contributed by atoms with Gasteiger partial charge in [-0.2, -0.15) is 0 Å². The van der Waals surface area contributed by atoms with Gasteiger partial charge in [-0.1, -0.05) is 13.0 Å². The van der Waals surface area contributed by atoms with Crippen LogP contribution in [0, 0.1) is 11.6 Å². The van der Waals surface area contributed by atoms with E-state index in [0.717, 1.165) is 25.3 Å². The molecule has 0 unspecified atom stereocenters. The average molecular weight is 310 g/mol. The summed E-state index contributed by atoms with van der Waals surface area (Å²) in [7, 11) is 0. The van der Waals surface area contributed by atoms with Crippen molar-refractivity contribution in [1.82, 2.24) is 10.6 Å². The first-order valence-corrected chi connectivity index (χ1v) is 7.67. The summed E-state index contributed by atoms with van der Waals surface area (Å²) in [5.41, 5.74) is 0.655. The van der Waals surface area contributed by atoms with Crippen molar-refractivity contribution in [2.75, 3.05) is 6.54 Å². The molecular formula is C16H20F2N2O2. The highest BCUT2D eigenvalue weighted by molar-refractivity contribution is 5.74. The molecule has 2 aliphatic heterocycles. The standard InChI is InChI=1S/C16H20F2N2O2/c1-9(10-2-4-12(17)13(18)6-10)8-19-16(21)20-14-7-11-3-5-15(14)22-11/h2,4,6,9,11,14-15H,3,5,7-8H2,1H3,(H2,19,20,21)/t9-,11+,14+,15+/m0/s1. The molecule has 0 saturated carbocycles. The van der Waals surface area contributed by atoms with E-state index in [1.54, 1.807) is 0 Å². The smallest absolute Gasteiger partial charge is 0.315 e. The predicted octanol–water partition coefficient (Wildman–Crippen LogP) is 2.69. The van der Waals surface area contributed by atoms with Crippen LogP contribution >= 0.6 is 0 Å². The fourth-order valence-electron chi connectivity index (χ4n) is 3.19. The molecule has 1 aromatic carbocycles. The summed E-state index contributed by atoms with van der Waals surface area (Å²) in [6.45, 7) is 2.21. The van der Waals surface area contributed by atoms with Crippen LogP contribution in [0.2, 0.25) is 0 Å². The van der Waals surface area contributed by atoms with E-state index in [-0.39, 0.29) is 30.2 Å². The van der Waals surface area contributed by atoms with E-state index >= 15 is 0 Å². The minimum absolute atomic E-state index is 0.0809. The van der Waals surface area contributed by atoms with Gasteiger partial charge in [0, 0.05) is 6.54 Å². The van der Waals surface area contributed by atoms with Crippen molar-refractivity contribution in [1.29, 1.82) is 0 Å². The largest absolute Gasteiger partial charge is 0.373 e. The van der Waals surface area contributed by atoms with Crippen LogP contribution in [0.15, 0.2) is 18.2 Å². The number of fused-ring (bicyclic) bond motifs is 2. The van der Waals surface area contributed by atoms with E-state index in [1.807, 2.05) is 6.92 Å². The fraction of sp³-hybridized carbons (Fsp3) is 0.562. The Bertz CT molecular complexity index is 567. The number of carbonyl (C=O) groups is 1. The fourth-order valence-corrected chi connectivity index (χ4v) is 3.19. The van der Waals surface area contributed by atoms with Crippen LogP contribution in [0.1, 0.15) is 37.7 Å². The third kappa shape index (κ3) is 3.21. The van der Waals surface area contributed by atoms with Crippen molar-refractivity contribution in [3.63, 3.8) is 0 Å². The Balaban J connectivity index is 1.47. The topological polar surface area (TPSA) is 50.4 Å². The second-order valence-electron chi connectivity index (χ2n) is 6.15. The van der Waals surface area contributed by atoms with Gasteiger partial charge in [0.05, 0.1) is 18.2 Å². The summed E-state index contributed by atoms with van der Waals surface area (Å²) >= 11 is 0. The Morgan fingerprint density at radius 3 is 2.82 bits per heavy atom. The SMILES string of the molecule is C[C@@H](CNC(=O)N[C@@H]1C[C@H]2CC[C@H]1O2)c1ccc(F)c(F)c1. The van der Waals surface area contributed by atoms with E-state index in [9.17, 15) is 13.6 Å². The highest BCUT2D eigenvalue weighted by atomic mass is 19.2. The Hall–Kier alpha value is -1.69. The lowest BCUT2D eigenvalue weighted by molar-refractivity contribution is 0.0981. The zero-order valence-corrected chi connectivity index (χ0v) is 12.4. The first-order valence-electron chi connectivity index (χ1n) is 7.67. The molecule has 2 saturated heterocycles. The van der Waals surface area contributed by atoms with Gasteiger partial charge in [-0.05, 0) is 42.9 Å². The molecule has 2 N–H and O–H groups in total. The minimum atomic E-state index is -0.868. The summed E-state index contributed by atoms with van der Waals surface area (Å²) in [6.07, 6.45) is 3.38. The summed E-state index contributed by atoms with van der Waals surface area (Å²) in [5.74, 6) is -1.83. The van der Waals surface area contributed by atoms with Gasteiger partial charge in [0.25, 0.3) is 0 Å². The molecule has 6 heteroatoms. The van der Waals surface area contributed by atoms with Crippen LogP contribution in [-0.4, -0.2) is 30.8 Å². The van der Waals surface area contributed by atoms with Gasteiger partial charge in [0.15, 0.2) is 11.6 Å². The number of hydrogen-bond donors (Lipinski definition) is 2. The zero-order valence-electron chi connectivity index (χ0n) is 12.4. The molecule has 0 aliphatic carbocycles. The van der Waals surface area contributed by atoms with Crippen molar-refractivity contribution in [2.45, 2.75) is 50.4 Å². The third-order valence-corrected chi connectivity index (χ3v) is 4.50. The number of urea groups is 1. The number of benzene rings is 1. The van der Waals surface area contributed by atoms with Gasteiger partial charge in [-0.3, -0.25) is 0 Å². The normalized spacial score (nSPS) is 27.7. The lowest BCUT2D eigenvalue weighted by atomic mass is 9.96. The molecule has 0 radical (unpaired) electrons. The second-order valence-corrected chi connectivity index (χ2v) is 6.15. The molecule has 2 amide bonds. The quantitative estimate of drug-likeness (QED) is 0.898. The van der Waals surface area contributed by atoms with Gasteiger partial charge in [-0.25, -0.2) is 13.6 Å². The summed E-state index contributed by atoms with van der Waals surface area (Å²) in [4.78, 5) is 11.9. The van der Waals surface area contributed by atoms with Crippen LogP contribution in [0.3, 0.4) is 0 Å². The Labute approximate surface area is 128 Å². The molecule has 0 spiro atoms. The van der Waals surface area contributed by atoms with Crippen molar-refractivity contribution in [3.05, 3.63) is 35.4 Å². The van der Waals surface area contributed by atoms with Crippen LogP contribution in [-0.2, 0) is 4.74 Å². The van der Waals surface area contributed by atoms with Crippen LogP contribution < -0.4 is 10.6 Å². The molecular weight excluding hydrogens is 290 g/mol. The number of rotatable bonds is 4. The molecule has 0 aromatic heterocycles. The maximum atomic E-state index is 13.2. The summed E-state index contributed by atoms with van der Waals surface area (Å²) in [5, 5.41) is 5.71. The van der Waals surface area contributed by atoms with Gasteiger partial charge >= 0.3 is 6.03 Å². The molecule has 1 aromatic rings. The minimum Gasteiger partial charge on any atom is -0.373 e. The lowest BCUT2D eigenvalue weighted by Crippen LogP contribution is -2.47. The number of ether oxygens (including phenoxy) is 1. The van der Waals surface area contributed by atoms with Crippen molar-refractivity contribution >= 4 is 6.03 Å². The molecule has 2 heterocycles. The Morgan fingerprint density at radius 1 is 1.36 bits per heavy atom. The first kappa shape index (κ1) is 15.2. The zero-order chi connectivity index (χ0) is 15.7. The Morgan fingerprint density at radius 2 is 2.18 bits per heavy atom. The number of amides is 2. The number of nitrogens with one attached hydrogen (secondary N) is 2. The van der Waals surface area contributed by atoms with Gasteiger partial charge in [0.2, 0.25) is 0 Å². The molecule has 2 fully saturated rings. The lowest BCUT2D eigenvalue weighted by Gasteiger charge is -2.21. The molecule has 22 heavy (non-hydrogen) atoms. The van der Waals surface area contributed by atoms with Crippen molar-refractivity contribution in [3.8, 4) is 0 Å². The summed E-state index contributed by atoms with van der Waals surface area (Å²) in [6, 6.07) is 3.65. The highest BCUT2D eigenvalue weighted by Crippen LogP contribution is 2.34. The highest BCUT2D eigenvalue weighted by Gasteiger charge is 2.41. The van der Waals surface area contributed by atoms with E-state index in [0.29, 0.717) is 12.1 Å². The van der Waals surface area contributed by atoms with Crippen molar-refractivity contribution < 1.29 is 18.3 Å².